The first-order valence-corrected chi connectivity index (χ1v) is 8.32. The van der Waals surface area contributed by atoms with Crippen LogP contribution in [0.2, 0.25) is 18.1 Å². The number of hydrogen-bond acceptors (Lipinski definition) is 1. The second-order valence-electron chi connectivity index (χ2n) is 4.16. The second kappa shape index (κ2) is 4.96. The highest BCUT2D eigenvalue weighted by atomic mass is 28.3. The molecule has 76 valence electrons. The summed E-state index contributed by atoms with van der Waals surface area (Å²) in [5, 5.41) is 0. The van der Waals surface area contributed by atoms with Crippen LogP contribution in [0.15, 0.2) is 11.8 Å². The first-order chi connectivity index (χ1) is 6.26. The van der Waals surface area contributed by atoms with Crippen LogP contribution in [-0.2, 0) is 0 Å². The average Bonchev–Trinajstić information content (AvgIpc) is 2.96. The molecule has 0 aliphatic carbocycles. The lowest BCUT2D eigenvalue weighted by atomic mass is 10.7. The molecule has 0 spiro atoms. The van der Waals surface area contributed by atoms with Gasteiger partial charge in [0.2, 0.25) is 0 Å². The van der Waals surface area contributed by atoms with E-state index in [0.717, 1.165) is 0 Å². The quantitative estimate of drug-likeness (QED) is 0.467. The van der Waals surface area contributed by atoms with E-state index in [2.05, 4.69) is 37.4 Å². The molecule has 0 amide bonds. The maximum atomic E-state index is 2.55. The van der Waals surface area contributed by atoms with Crippen molar-refractivity contribution in [2.45, 2.75) is 38.9 Å². The molecule has 1 rings (SSSR count). The minimum atomic E-state index is -0.988. The number of rotatable bonds is 6. The first-order valence-electron chi connectivity index (χ1n) is 5.62. The van der Waals surface area contributed by atoms with Gasteiger partial charge in [-0.2, -0.15) is 0 Å². The Morgan fingerprint density at radius 3 is 2.23 bits per heavy atom. The van der Waals surface area contributed by atoms with Gasteiger partial charge in [-0.3, -0.25) is 0 Å². The van der Waals surface area contributed by atoms with Crippen LogP contribution in [0.25, 0.3) is 0 Å². The predicted molar refractivity (Wildman–Crippen MR) is 62.8 cm³/mol. The molecule has 0 aromatic carbocycles. The molecule has 0 aromatic rings. The molecule has 1 aliphatic heterocycles. The van der Waals surface area contributed by atoms with E-state index < -0.39 is 8.07 Å². The fourth-order valence-corrected chi connectivity index (χ4v) is 5.27. The molecule has 2 heteroatoms. The highest BCUT2D eigenvalue weighted by Crippen LogP contribution is 2.23. The zero-order valence-corrected chi connectivity index (χ0v) is 10.3. The Hall–Kier alpha value is -0.0831. The van der Waals surface area contributed by atoms with Crippen molar-refractivity contribution in [2.24, 2.45) is 0 Å². The predicted octanol–water partition coefficient (Wildman–Crippen LogP) is 2.91. The molecule has 0 unspecified atom stereocenters. The Bertz CT molecular complexity index is 169. The third kappa shape index (κ3) is 3.28. The highest BCUT2D eigenvalue weighted by molar-refractivity contribution is 6.84. The summed E-state index contributed by atoms with van der Waals surface area (Å²) in [6, 6.07) is 4.31. The molecule has 0 saturated carbocycles. The molecular weight excluding hydrogens is 174 g/mol. The van der Waals surface area contributed by atoms with E-state index in [1.165, 1.54) is 37.8 Å². The Balaban J connectivity index is 2.41. The van der Waals surface area contributed by atoms with Crippen LogP contribution in [0.4, 0.5) is 0 Å². The van der Waals surface area contributed by atoms with Gasteiger partial charge < -0.3 is 4.90 Å². The van der Waals surface area contributed by atoms with Crippen molar-refractivity contribution in [1.82, 2.24) is 4.90 Å². The van der Waals surface area contributed by atoms with Gasteiger partial charge in [0.05, 0.1) is 8.07 Å². The van der Waals surface area contributed by atoms with Gasteiger partial charge in [-0.05, 0) is 19.5 Å². The van der Waals surface area contributed by atoms with E-state index in [-0.39, 0.29) is 0 Å². The molecule has 0 N–H and O–H groups in total. The fourth-order valence-electron chi connectivity index (χ4n) is 1.95. The van der Waals surface area contributed by atoms with E-state index in [1.807, 2.05) is 0 Å². The highest BCUT2D eigenvalue weighted by Gasteiger charge is 2.28. The summed E-state index contributed by atoms with van der Waals surface area (Å²) in [6.45, 7) is 11.0. The summed E-state index contributed by atoms with van der Waals surface area (Å²) in [7, 11) is -0.988. The fraction of sp³-hybridized carbons (Fsp3) is 0.818. The second-order valence-corrected chi connectivity index (χ2v) is 9.13. The van der Waals surface area contributed by atoms with Crippen LogP contribution in [0.1, 0.15) is 20.8 Å². The Kier molecular flexibility index (Phi) is 4.20. The molecule has 0 bridgehead atoms. The van der Waals surface area contributed by atoms with Gasteiger partial charge in [0.25, 0.3) is 0 Å². The molecule has 1 saturated heterocycles. The Morgan fingerprint density at radius 1 is 1.23 bits per heavy atom. The minimum Gasteiger partial charge on any atom is -0.301 e. The third-order valence-electron chi connectivity index (χ3n) is 3.39. The van der Waals surface area contributed by atoms with Crippen LogP contribution in [0.3, 0.4) is 0 Å². The first kappa shape index (κ1) is 11.0. The van der Waals surface area contributed by atoms with Crippen molar-refractivity contribution in [2.75, 3.05) is 19.6 Å². The van der Waals surface area contributed by atoms with Gasteiger partial charge >= 0.3 is 0 Å². The van der Waals surface area contributed by atoms with Crippen LogP contribution in [-0.4, -0.2) is 32.6 Å². The van der Waals surface area contributed by atoms with Crippen molar-refractivity contribution in [3.63, 3.8) is 0 Å². The van der Waals surface area contributed by atoms with Crippen LogP contribution >= 0.6 is 0 Å². The van der Waals surface area contributed by atoms with Crippen LogP contribution in [0, 0.1) is 0 Å². The van der Waals surface area contributed by atoms with Gasteiger partial charge in [0, 0.05) is 13.1 Å². The van der Waals surface area contributed by atoms with Crippen molar-refractivity contribution in [3.8, 4) is 0 Å². The Labute approximate surface area is 83.8 Å². The standard InChI is InChI=1S/C11H23NSi/c1-4-10-13(5-2,6-3)11-9-12-7-8-12/h4,10H,5-9,11H2,1-3H3. The van der Waals surface area contributed by atoms with E-state index in [4.69, 9.17) is 0 Å². The van der Waals surface area contributed by atoms with Gasteiger partial charge in [-0.25, -0.2) is 0 Å². The SMILES string of the molecule is CC=C[Si](CC)(CC)CCN1CC1. The summed E-state index contributed by atoms with van der Waals surface area (Å²) in [5.41, 5.74) is 2.55. The lowest BCUT2D eigenvalue weighted by Crippen LogP contribution is -2.32. The third-order valence-corrected chi connectivity index (χ3v) is 8.47. The van der Waals surface area contributed by atoms with Crippen molar-refractivity contribution >= 4 is 8.07 Å². The van der Waals surface area contributed by atoms with Crippen LogP contribution < -0.4 is 0 Å². The number of hydrogen-bond donors (Lipinski definition) is 0. The monoisotopic (exact) mass is 197 g/mol. The molecular formula is C11H23NSi. The van der Waals surface area contributed by atoms with Gasteiger partial charge in [0.15, 0.2) is 0 Å². The number of allylic oxidation sites excluding steroid dienone is 1. The Morgan fingerprint density at radius 2 is 1.85 bits per heavy atom. The molecule has 13 heavy (non-hydrogen) atoms. The molecule has 1 aliphatic rings. The topological polar surface area (TPSA) is 3.01 Å². The minimum absolute atomic E-state index is 0.988. The largest absolute Gasteiger partial charge is 0.301 e. The van der Waals surface area contributed by atoms with E-state index in [1.54, 1.807) is 0 Å². The molecule has 0 atom stereocenters. The normalized spacial score (nSPS) is 18.4. The molecule has 1 nitrogen and oxygen atoms in total. The lowest BCUT2D eigenvalue weighted by Gasteiger charge is -2.25. The van der Waals surface area contributed by atoms with Crippen LogP contribution in [0.5, 0.6) is 0 Å². The van der Waals surface area contributed by atoms with Crippen molar-refractivity contribution in [1.29, 1.82) is 0 Å². The van der Waals surface area contributed by atoms with E-state index >= 15 is 0 Å². The summed E-state index contributed by atoms with van der Waals surface area (Å²) in [6.07, 6.45) is 2.28. The van der Waals surface area contributed by atoms with E-state index in [9.17, 15) is 0 Å². The van der Waals surface area contributed by atoms with Gasteiger partial charge in [-0.15, -0.1) is 0 Å². The number of nitrogens with zero attached hydrogens (tertiary/aromatic N) is 1. The summed E-state index contributed by atoms with van der Waals surface area (Å²) >= 11 is 0. The van der Waals surface area contributed by atoms with Gasteiger partial charge in [0.1, 0.15) is 0 Å². The lowest BCUT2D eigenvalue weighted by molar-refractivity contribution is 0.589. The van der Waals surface area contributed by atoms with Crippen molar-refractivity contribution in [3.05, 3.63) is 11.8 Å². The smallest absolute Gasteiger partial charge is 0.0781 e. The molecule has 1 heterocycles. The van der Waals surface area contributed by atoms with Crippen molar-refractivity contribution < 1.29 is 0 Å². The van der Waals surface area contributed by atoms with Gasteiger partial charge in [-0.1, -0.05) is 37.7 Å². The maximum absolute atomic E-state index is 2.55. The zero-order chi connectivity index (χ0) is 9.73. The molecule has 1 fully saturated rings. The average molecular weight is 197 g/mol. The zero-order valence-electron chi connectivity index (χ0n) is 9.34. The molecule has 0 aromatic heterocycles. The van der Waals surface area contributed by atoms with E-state index in [0.29, 0.717) is 0 Å². The maximum Gasteiger partial charge on any atom is 0.0781 e. The summed E-state index contributed by atoms with van der Waals surface area (Å²) in [5.74, 6) is 0. The summed E-state index contributed by atoms with van der Waals surface area (Å²) in [4.78, 5) is 2.55. The summed E-state index contributed by atoms with van der Waals surface area (Å²) < 4.78 is 0. The molecule has 0 radical (unpaired) electrons.